The van der Waals surface area contributed by atoms with Gasteiger partial charge in [0.2, 0.25) is 0 Å². The molecule has 0 N–H and O–H groups in total. The van der Waals surface area contributed by atoms with Crippen LogP contribution in [-0.2, 0) is 10.8 Å². The normalized spacial score (nSPS) is 12.6. The first-order chi connectivity index (χ1) is 8.04. The number of halogens is 2. The number of hydrogen-bond acceptors (Lipinski definition) is 3. The molecule has 1 aromatic rings. The van der Waals surface area contributed by atoms with Crippen LogP contribution < -0.4 is 0 Å². The molecule has 96 valence electrons. The van der Waals surface area contributed by atoms with Crippen molar-refractivity contribution >= 4 is 59.8 Å². The molecule has 1 atom stereocenters. The molecule has 0 aliphatic carbocycles. The van der Waals surface area contributed by atoms with Crippen LogP contribution in [0.15, 0.2) is 13.6 Å². The van der Waals surface area contributed by atoms with Crippen LogP contribution in [0.2, 0.25) is 0 Å². The molecule has 0 saturated heterocycles. The molecule has 0 radical (unpaired) electrons. The molecule has 2 nitrogen and oxygen atoms in total. The van der Waals surface area contributed by atoms with Gasteiger partial charge in [0.15, 0.2) is 5.78 Å². The zero-order chi connectivity index (χ0) is 12.8. The smallest absolute Gasteiger partial charge is 0.177 e. The van der Waals surface area contributed by atoms with Gasteiger partial charge in [0.05, 0.1) is 13.3 Å². The molecule has 0 aliphatic heterocycles. The van der Waals surface area contributed by atoms with Crippen molar-refractivity contribution in [1.82, 2.24) is 0 Å². The lowest BCUT2D eigenvalue weighted by Gasteiger charge is -2.00. The number of Topliss-reactive ketones (excluding diaryl/α,β-unsaturated/α-hetero) is 1. The number of rotatable bonds is 7. The lowest BCUT2D eigenvalue weighted by molar-refractivity contribution is 0.102. The maximum Gasteiger partial charge on any atom is 0.177 e. The summed E-state index contributed by atoms with van der Waals surface area (Å²) in [5, 5.41) is 0. The number of hydrogen-bond donors (Lipinski definition) is 0. The number of carbonyl (C=O) groups is 1. The van der Waals surface area contributed by atoms with E-state index < -0.39 is 10.8 Å². The van der Waals surface area contributed by atoms with Gasteiger partial charge in [0.25, 0.3) is 0 Å². The average molecular weight is 402 g/mol. The van der Waals surface area contributed by atoms with Crippen molar-refractivity contribution in [2.75, 3.05) is 11.5 Å². The van der Waals surface area contributed by atoms with Crippen LogP contribution in [0.3, 0.4) is 0 Å². The Morgan fingerprint density at radius 2 is 2.12 bits per heavy atom. The van der Waals surface area contributed by atoms with Crippen LogP contribution in [0.5, 0.6) is 0 Å². The van der Waals surface area contributed by atoms with Gasteiger partial charge in [-0.3, -0.25) is 9.00 Å². The monoisotopic (exact) mass is 400 g/mol. The summed E-state index contributed by atoms with van der Waals surface area (Å²) in [7, 11) is -1.03. The Morgan fingerprint density at radius 1 is 1.41 bits per heavy atom. The average Bonchev–Trinajstić information content (AvgIpc) is 2.58. The van der Waals surface area contributed by atoms with Gasteiger partial charge < -0.3 is 0 Å². The second kappa shape index (κ2) is 7.81. The Morgan fingerprint density at radius 3 is 2.65 bits per heavy atom. The number of thiophene rings is 1. The predicted octanol–water partition coefficient (Wildman–Crippen LogP) is 4.39. The van der Waals surface area contributed by atoms with Crippen molar-refractivity contribution in [2.24, 2.45) is 0 Å². The van der Waals surface area contributed by atoms with Crippen molar-refractivity contribution in [3.05, 3.63) is 19.2 Å². The molecule has 0 amide bonds. The van der Waals surface area contributed by atoms with Gasteiger partial charge in [0, 0.05) is 22.1 Å². The molecule has 0 aromatic carbocycles. The molecule has 1 rings (SSSR count). The van der Waals surface area contributed by atoms with E-state index in [1.165, 1.54) is 11.3 Å². The molecule has 0 fully saturated rings. The van der Waals surface area contributed by atoms with E-state index in [9.17, 15) is 9.00 Å². The van der Waals surface area contributed by atoms with Crippen LogP contribution in [-0.4, -0.2) is 21.5 Å². The molecular formula is C11H14Br2O2S2. The highest BCUT2D eigenvalue weighted by Gasteiger charge is 2.16. The summed E-state index contributed by atoms with van der Waals surface area (Å²) in [6.07, 6.45) is 3.12. The molecule has 0 bridgehead atoms. The highest BCUT2D eigenvalue weighted by Crippen LogP contribution is 2.32. The van der Waals surface area contributed by atoms with E-state index in [1.807, 2.05) is 0 Å². The summed E-state index contributed by atoms with van der Waals surface area (Å²) < 4.78 is 13.4. The summed E-state index contributed by atoms with van der Waals surface area (Å²) in [5.74, 6) is 0.710. The summed E-state index contributed by atoms with van der Waals surface area (Å²) in [4.78, 5) is 11.9. The molecule has 0 saturated carbocycles. The van der Waals surface area contributed by atoms with Gasteiger partial charge in [-0.15, -0.1) is 11.3 Å². The summed E-state index contributed by atoms with van der Waals surface area (Å²) in [6, 6.07) is 1.78. The van der Waals surface area contributed by atoms with E-state index in [1.54, 1.807) is 6.07 Å². The van der Waals surface area contributed by atoms with E-state index in [0.29, 0.717) is 11.3 Å². The summed E-state index contributed by atoms with van der Waals surface area (Å²) >= 11 is 8.13. The second-order valence-electron chi connectivity index (χ2n) is 3.66. The highest BCUT2D eigenvalue weighted by atomic mass is 79.9. The Labute approximate surface area is 125 Å². The van der Waals surface area contributed by atoms with Crippen LogP contribution in [0.1, 0.15) is 36.5 Å². The standard InChI is InChI=1S/C11H14Br2O2S2/c1-2-3-4-5-17(15)7-9(14)8-6-10(12)16-11(8)13/h6H,2-5,7H2,1H3. The number of unbranched alkanes of at least 4 members (excludes halogenated alkanes) is 2. The quantitative estimate of drug-likeness (QED) is 0.501. The van der Waals surface area contributed by atoms with Gasteiger partial charge >= 0.3 is 0 Å². The minimum Gasteiger partial charge on any atom is -0.293 e. The van der Waals surface area contributed by atoms with Crippen molar-refractivity contribution in [3.8, 4) is 0 Å². The fourth-order valence-electron chi connectivity index (χ4n) is 1.34. The van der Waals surface area contributed by atoms with Crippen molar-refractivity contribution in [2.45, 2.75) is 26.2 Å². The zero-order valence-corrected chi connectivity index (χ0v) is 14.3. The van der Waals surface area contributed by atoms with E-state index in [4.69, 9.17) is 0 Å². The Hall–Kier alpha value is 0.480. The SMILES string of the molecule is CCCCCS(=O)CC(=O)c1cc(Br)sc1Br. The van der Waals surface area contributed by atoms with Crippen LogP contribution in [0.25, 0.3) is 0 Å². The predicted molar refractivity (Wildman–Crippen MR) is 81.5 cm³/mol. The first kappa shape index (κ1) is 15.5. The fourth-order valence-corrected chi connectivity index (χ4v) is 5.31. The minimum atomic E-state index is -1.03. The van der Waals surface area contributed by atoms with Crippen molar-refractivity contribution in [1.29, 1.82) is 0 Å². The third-order valence-electron chi connectivity index (χ3n) is 2.22. The van der Waals surface area contributed by atoms with Gasteiger partial charge in [-0.05, 0) is 44.3 Å². The molecule has 1 heterocycles. The van der Waals surface area contributed by atoms with Gasteiger partial charge in [-0.25, -0.2) is 0 Å². The summed E-state index contributed by atoms with van der Waals surface area (Å²) in [5.41, 5.74) is 0.630. The van der Waals surface area contributed by atoms with Crippen molar-refractivity contribution in [3.63, 3.8) is 0 Å². The minimum absolute atomic E-state index is 0.0475. The first-order valence-corrected chi connectivity index (χ1v) is 9.26. The summed E-state index contributed by atoms with van der Waals surface area (Å²) in [6.45, 7) is 2.11. The fraction of sp³-hybridized carbons (Fsp3) is 0.545. The maximum atomic E-state index is 11.9. The largest absolute Gasteiger partial charge is 0.293 e. The van der Waals surface area contributed by atoms with Crippen LogP contribution in [0.4, 0.5) is 0 Å². The van der Waals surface area contributed by atoms with Crippen molar-refractivity contribution < 1.29 is 9.00 Å². The molecular weight excluding hydrogens is 388 g/mol. The highest BCUT2D eigenvalue weighted by molar-refractivity contribution is 9.12. The molecule has 1 unspecified atom stereocenters. The Bertz CT molecular complexity index is 416. The molecule has 17 heavy (non-hydrogen) atoms. The van der Waals surface area contributed by atoms with E-state index in [2.05, 4.69) is 38.8 Å². The second-order valence-corrected chi connectivity index (χ2v) is 8.98. The van der Waals surface area contributed by atoms with E-state index >= 15 is 0 Å². The van der Waals surface area contributed by atoms with Crippen LogP contribution >= 0.6 is 43.2 Å². The molecule has 1 aromatic heterocycles. The van der Waals surface area contributed by atoms with E-state index in [0.717, 1.165) is 26.8 Å². The molecule has 0 spiro atoms. The van der Waals surface area contributed by atoms with Gasteiger partial charge in [-0.2, -0.15) is 0 Å². The third kappa shape index (κ3) is 5.32. The maximum absolute atomic E-state index is 11.9. The zero-order valence-electron chi connectivity index (χ0n) is 9.50. The Balaban J connectivity index is 2.49. The Kier molecular flexibility index (Phi) is 7.14. The number of carbonyl (C=O) groups excluding carboxylic acids is 1. The topological polar surface area (TPSA) is 34.1 Å². The first-order valence-electron chi connectivity index (χ1n) is 5.37. The van der Waals surface area contributed by atoms with Crippen LogP contribution in [0, 0.1) is 0 Å². The lowest BCUT2D eigenvalue weighted by atomic mass is 10.2. The third-order valence-corrected chi connectivity index (χ3v) is 5.89. The lowest BCUT2D eigenvalue weighted by Crippen LogP contribution is -2.13. The van der Waals surface area contributed by atoms with Gasteiger partial charge in [-0.1, -0.05) is 19.8 Å². The number of ketones is 1. The molecule has 6 heteroatoms. The van der Waals surface area contributed by atoms with Gasteiger partial charge in [0.1, 0.15) is 0 Å². The van der Waals surface area contributed by atoms with E-state index in [-0.39, 0.29) is 11.5 Å². The molecule has 0 aliphatic rings.